The molecule has 1 aromatic rings. The average molecular weight is 272 g/mol. The summed E-state index contributed by atoms with van der Waals surface area (Å²) >= 11 is 0. The highest BCUT2D eigenvalue weighted by molar-refractivity contribution is 5.92. The number of anilines is 1. The first-order valence-electron chi connectivity index (χ1n) is 6.11. The molecule has 3 nitrogen and oxygen atoms in total. The maximum absolute atomic E-state index is 13.3. The Balaban J connectivity index is 1.84. The van der Waals surface area contributed by atoms with Crippen molar-refractivity contribution in [2.75, 3.05) is 25.0 Å². The molecule has 1 saturated heterocycles. The minimum absolute atomic E-state index is 0.00438. The molecule has 1 fully saturated rings. The summed E-state index contributed by atoms with van der Waals surface area (Å²) in [6.45, 7) is 0.361. The van der Waals surface area contributed by atoms with E-state index in [2.05, 4.69) is 5.32 Å². The number of hydrogen-bond donors (Lipinski definition) is 1. The van der Waals surface area contributed by atoms with E-state index in [0.717, 1.165) is 0 Å². The monoisotopic (exact) mass is 272 g/mol. The van der Waals surface area contributed by atoms with Crippen LogP contribution in [0.3, 0.4) is 0 Å². The second kappa shape index (κ2) is 5.61. The van der Waals surface area contributed by atoms with E-state index in [1.54, 1.807) is 11.0 Å². The Morgan fingerprint density at radius 3 is 2.53 bits per heavy atom. The standard InChI is InChI=1S/C13H15F3N2O/c14-10-3-1-2-4-11(10)17-12(19)9-18-7-5-13(15,16)6-8-18/h1-4H,5-9H2,(H,17,19). The van der Waals surface area contributed by atoms with E-state index in [9.17, 15) is 18.0 Å². The number of piperidine rings is 1. The number of amides is 1. The summed E-state index contributed by atoms with van der Waals surface area (Å²) in [6.07, 6.45) is -0.472. The lowest BCUT2D eigenvalue weighted by atomic mass is 10.1. The topological polar surface area (TPSA) is 32.3 Å². The molecule has 2 rings (SSSR count). The third-order valence-electron chi connectivity index (χ3n) is 3.10. The summed E-state index contributed by atoms with van der Waals surface area (Å²) < 4.78 is 39.2. The molecule has 0 atom stereocenters. The number of carbonyl (C=O) groups excluding carboxylic acids is 1. The van der Waals surface area contributed by atoms with Crippen LogP contribution in [-0.4, -0.2) is 36.4 Å². The average Bonchev–Trinajstić information content (AvgIpc) is 2.35. The zero-order chi connectivity index (χ0) is 13.9. The van der Waals surface area contributed by atoms with Crippen LogP contribution in [0.5, 0.6) is 0 Å². The van der Waals surface area contributed by atoms with Gasteiger partial charge in [-0.2, -0.15) is 0 Å². The van der Waals surface area contributed by atoms with Crippen LogP contribution < -0.4 is 5.32 Å². The van der Waals surface area contributed by atoms with Crippen molar-refractivity contribution in [1.82, 2.24) is 4.90 Å². The van der Waals surface area contributed by atoms with Crippen molar-refractivity contribution in [2.24, 2.45) is 0 Å². The Morgan fingerprint density at radius 2 is 1.89 bits per heavy atom. The molecule has 1 aromatic carbocycles. The lowest BCUT2D eigenvalue weighted by molar-refractivity contribution is -0.119. The molecule has 104 valence electrons. The second-order valence-electron chi connectivity index (χ2n) is 4.66. The highest BCUT2D eigenvalue weighted by Gasteiger charge is 2.34. The van der Waals surface area contributed by atoms with Gasteiger partial charge in [0.25, 0.3) is 5.92 Å². The third kappa shape index (κ3) is 3.96. The Bertz CT molecular complexity index is 455. The van der Waals surface area contributed by atoms with Gasteiger partial charge in [-0.1, -0.05) is 12.1 Å². The number of halogens is 3. The largest absolute Gasteiger partial charge is 0.322 e. The zero-order valence-corrected chi connectivity index (χ0v) is 10.3. The van der Waals surface area contributed by atoms with Gasteiger partial charge in [-0.3, -0.25) is 9.69 Å². The van der Waals surface area contributed by atoms with Gasteiger partial charge >= 0.3 is 0 Å². The first-order valence-corrected chi connectivity index (χ1v) is 6.11. The predicted molar refractivity (Wildman–Crippen MR) is 65.7 cm³/mol. The number of carbonyl (C=O) groups is 1. The third-order valence-corrected chi connectivity index (χ3v) is 3.10. The molecule has 0 spiro atoms. The minimum Gasteiger partial charge on any atom is -0.322 e. The summed E-state index contributed by atoms with van der Waals surface area (Å²) in [5.41, 5.74) is 0.106. The minimum atomic E-state index is -2.63. The first-order chi connectivity index (χ1) is 8.96. The van der Waals surface area contributed by atoms with E-state index in [4.69, 9.17) is 0 Å². The van der Waals surface area contributed by atoms with Crippen LogP contribution in [0.1, 0.15) is 12.8 Å². The lowest BCUT2D eigenvalue weighted by Gasteiger charge is -2.31. The Kier molecular flexibility index (Phi) is 4.09. The number of benzene rings is 1. The van der Waals surface area contributed by atoms with Crippen LogP contribution in [0.25, 0.3) is 0 Å². The molecule has 0 aliphatic carbocycles. The number of hydrogen-bond acceptors (Lipinski definition) is 2. The molecule has 0 unspecified atom stereocenters. The molecule has 1 aliphatic heterocycles. The Labute approximate surface area is 109 Å². The molecule has 1 heterocycles. The fraction of sp³-hybridized carbons (Fsp3) is 0.462. The van der Waals surface area contributed by atoms with Gasteiger partial charge in [0.15, 0.2) is 0 Å². The second-order valence-corrected chi connectivity index (χ2v) is 4.66. The molecule has 1 aliphatic rings. The first kappa shape index (κ1) is 13.9. The summed E-state index contributed by atoms with van der Waals surface area (Å²) in [7, 11) is 0. The van der Waals surface area contributed by atoms with Gasteiger partial charge in [-0.25, -0.2) is 13.2 Å². The fourth-order valence-corrected chi connectivity index (χ4v) is 1.99. The van der Waals surface area contributed by atoms with E-state index >= 15 is 0 Å². The molecule has 0 bridgehead atoms. The van der Waals surface area contributed by atoms with Gasteiger partial charge in [-0.15, -0.1) is 0 Å². The van der Waals surface area contributed by atoms with Gasteiger partial charge in [-0.05, 0) is 12.1 Å². The van der Waals surface area contributed by atoms with Crippen molar-refractivity contribution < 1.29 is 18.0 Å². The molecular formula is C13H15F3N2O. The van der Waals surface area contributed by atoms with Gasteiger partial charge in [0.05, 0.1) is 12.2 Å². The molecule has 0 radical (unpaired) electrons. The number of para-hydroxylation sites is 1. The molecule has 19 heavy (non-hydrogen) atoms. The molecular weight excluding hydrogens is 257 g/mol. The van der Waals surface area contributed by atoms with E-state index in [0.29, 0.717) is 0 Å². The zero-order valence-electron chi connectivity index (χ0n) is 10.3. The molecule has 0 aromatic heterocycles. The van der Waals surface area contributed by atoms with Crippen molar-refractivity contribution in [3.63, 3.8) is 0 Å². The van der Waals surface area contributed by atoms with Crippen molar-refractivity contribution in [3.05, 3.63) is 30.1 Å². The number of rotatable bonds is 3. The van der Waals surface area contributed by atoms with Crippen LogP contribution in [0.2, 0.25) is 0 Å². The molecule has 0 saturated carbocycles. The SMILES string of the molecule is O=C(CN1CCC(F)(F)CC1)Nc1ccccc1F. The number of nitrogens with zero attached hydrogens (tertiary/aromatic N) is 1. The predicted octanol–water partition coefficient (Wildman–Crippen LogP) is 2.50. The van der Waals surface area contributed by atoms with E-state index < -0.39 is 17.6 Å². The van der Waals surface area contributed by atoms with E-state index in [1.807, 2.05) is 0 Å². The van der Waals surface area contributed by atoms with Gasteiger partial charge in [0.2, 0.25) is 5.91 Å². The molecule has 1 amide bonds. The highest BCUT2D eigenvalue weighted by Crippen LogP contribution is 2.27. The van der Waals surface area contributed by atoms with Crippen LogP contribution in [0.15, 0.2) is 24.3 Å². The lowest BCUT2D eigenvalue weighted by Crippen LogP contribution is -2.43. The number of nitrogens with one attached hydrogen (secondary N) is 1. The Hall–Kier alpha value is -1.56. The normalized spacial score (nSPS) is 19.1. The van der Waals surface area contributed by atoms with Gasteiger partial charge in [0, 0.05) is 25.9 Å². The van der Waals surface area contributed by atoms with Crippen molar-refractivity contribution in [1.29, 1.82) is 0 Å². The quantitative estimate of drug-likeness (QED) is 0.917. The maximum Gasteiger partial charge on any atom is 0.250 e. The Morgan fingerprint density at radius 1 is 1.26 bits per heavy atom. The van der Waals surface area contributed by atoms with Gasteiger partial charge in [0.1, 0.15) is 5.82 Å². The molecule has 6 heteroatoms. The smallest absolute Gasteiger partial charge is 0.250 e. The fourth-order valence-electron chi connectivity index (χ4n) is 1.99. The highest BCUT2D eigenvalue weighted by atomic mass is 19.3. The number of alkyl halides is 2. The summed E-state index contributed by atoms with van der Waals surface area (Å²) in [5.74, 6) is -3.53. The van der Waals surface area contributed by atoms with E-state index in [-0.39, 0.29) is 38.2 Å². The van der Waals surface area contributed by atoms with E-state index in [1.165, 1.54) is 18.2 Å². The maximum atomic E-state index is 13.3. The van der Waals surface area contributed by atoms with Crippen LogP contribution in [0, 0.1) is 5.82 Å². The van der Waals surface area contributed by atoms with Crippen LogP contribution >= 0.6 is 0 Å². The van der Waals surface area contributed by atoms with Crippen LogP contribution in [-0.2, 0) is 4.79 Å². The van der Waals surface area contributed by atoms with Crippen molar-refractivity contribution >= 4 is 11.6 Å². The van der Waals surface area contributed by atoms with Gasteiger partial charge < -0.3 is 5.32 Å². The van der Waals surface area contributed by atoms with Crippen molar-refractivity contribution in [3.8, 4) is 0 Å². The summed E-state index contributed by atoms with van der Waals surface area (Å²) in [5, 5.41) is 2.44. The summed E-state index contributed by atoms with van der Waals surface area (Å²) in [6, 6.07) is 5.84. The van der Waals surface area contributed by atoms with Crippen LogP contribution in [0.4, 0.5) is 18.9 Å². The van der Waals surface area contributed by atoms with Crippen molar-refractivity contribution in [2.45, 2.75) is 18.8 Å². The number of likely N-dealkylation sites (tertiary alicyclic amines) is 1. The molecule has 1 N–H and O–H groups in total. The summed E-state index contributed by atoms with van der Waals surface area (Å²) in [4.78, 5) is 13.3.